The molecule has 0 radical (unpaired) electrons. The Morgan fingerprint density at radius 3 is 2.32 bits per heavy atom. The lowest BCUT2D eigenvalue weighted by Gasteiger charge is -2.20. The maximum absolute atomic E-state index is 12.5. The normalized spacial score (nSPS) is 10.8. The van der Waals surface area contributed by atoms with Crippen LogP contribution in [-0.2, 0) is 16.1 Å². The third-order valence-corrected chi connectivity index (χ3v) is 3.62. The number of rotatable bonds is 7. The van der Waals surface area contributed by atoms with E-state index in [1.807, 2.05) is 0 Å². The van der Waals surface area contributed by atoms with Crippen molar-refractivity contribution < 1.29 is 19.2 Å². The highest BCUT2D eigenvalue weighted by atomic mass is 16.6. The number of carbonyl (C=O) groups is 2. The van der Waals surface area contributed by atoms with Gasteiger partial charge in [0, 0.05) is 24.4 Å². The zero-order valence-electron chi connectivity index (χ0n) is 16.0. The minimum atomic E-state index is -0.583. The number of anilines is 1. The number of hydrogen-bond acceptors (Lipinski definition) is 6. The number of nitrogens with zero attached hydrogens (tertiary/aromatic N) is 1. The van der Waals surface area contributed by atoms with Crippen molar-refractivity contribution in [3.63, 3.8) is 0 Å². The second-order valence-corrected chi connectivity index (χ2v) is 7.09. The molecule has 0 fully saturated rings. The van der Waals surface area contributed by atoms with Gasteiger partial charge in [-0.25, -0.2) is 0 Å². The number of non-ortho nitro benzene ring substituents is 1. The quantitative estimate of drug-likeness (QED) is 0.430. The van der Waals surface area contributed by atoms with Gasteiger partial charge in [-0.05, 0) is 38.5 Å². The largest absolute Gasteiger partial charge is 0.459 e. The Bertz CT molecular complexity index is 857. The van der Waals surface area contributed by atoms with E-state index in [0.717, 1.165) is 5.56 Å². The van der Waals surface area contributed by atoms with Gasteiger partial charge in [0.05, 0.1) is 10.5 Å². The van der Waals surface area contributed by atoms with Gasteiger partial charge in [-0.15, -0.1) is 0 Å². The van der Waals surface area contributed by atoms with Crippen molar-refractivity contribution in [2.24, 2.45) is 0 Å². The minimum absolute atomic E-state index is 0.00762. The highest BCUT2D eigenvalue weighted by Crippen LogP contribution is 2.16. The molecule has 2 aromatic carbocycles. The summed E-state index contributed by atoms with van der Waals surface area (Å²) in [5, 5.41) is 16.4. The number of carbonyl (C=O) groups excluding carboxylic acids is 2. The Morgan fingerprint density at radius 1 is 1.07 bits per heavy atom. The number of amides is 1. The average molecular weight is 385 g/mol. The van der Waals surface area contributed by atoms with Crippen molar-refractivity contribution >= 4 is 23.3 Å². The van der Waals surface area contributed by atoms with Crippen molar-refractivity contribution in [2.45, 2.75) is 32.9 Å². The van der Waals surface area contributed by atoms with Crippen molar-refractivity contribution in [2.75, 3.05) is 11.9 Å². The summed E-state index contributed by atoms with van der Waals surface area (Å²) in [6.07, 6.45) is 0. The van der Waals surface area contributed by atoms with Crippen molar-refractivity contribution in [1.82, 2.24) is 5.32 Å². The zero-order valence-corrected chi connectivity index (χ0v) is 16.0. The molecular formula is C20H23N3O5. The lowest BCUT2D eigenvalue weighted by atomic mass is 10.1. The van der Waals surface area contributed by atoms with E-state index in [2.05, 4.69) is 10.6 Å². The fourth-order valence-corrected chi connectivity index (χ4v) is 2.39. The van der Waals surface area contributed by atoms with E-state index in [1.54, 1.807) is 57.2 Å². The van der Waals surface area contributed by atoms with E-state index < -0.39 is 16.5 Å². The lowest BCUT2D eigenvalue weighted by molar-refractivity contribution is -0.384. The van der Waals surface area contributed by atoms with Gasteiger partial charge >= 0.3 is 5.97 Å². The molecule has 0 aliphatic carbocycles. The molecule has 1 amide bonds. The molecule has 0 spiro atoms. The molecule has 2 aromatic rings. The summed E-state index contributed by atoms with van der Waals surface area (Å²) in [6, 6.07) is 12.8. The molecule has 8 nitrogen and oxygen atoms in total. The van der Waals surface area contributed by atoms with E-state index >= 15 is 0 Å². The highest BCUT2D eigenvalue weighted by molar-refractivity contribution is 5.99. The van der Waals surface area contributed by atoms with Crippen LogP contribution in [-0.4, -0.2) is 28.9 Å². The number of ether oxygens (including phenoxy) is 1. The Labute approximate surface area is 163 Å². The Hall–Kier alpha value is -3.42. The first-order chi connectivity index (χ1) is 13.2. The maximum Gasteiger partial charge on any atom is 0.325 e. The molecule has 8 heteroatoms. The SMILES string of the molecule is CC(C)(C)OC(=O)CNc1ccccc1C(=O)NCc1ccc([N+](=O)[O-])cc1. The summed E-state index contributed by atoms with van der Waals surface area (Å²) in [7, 11) is 0. The second-order valence-electron chi connectivity index (χ2n) is 7.09. The third-order valence-electron chi connectivity index (χ3n) is 3.62. The van der Waals surface area contributed by atoms with Gasteiger partial charge in [-0.1, -0.05) is 24.3 Å². The van der Waals surface area contributed by atoms with Crippen LogP contribution in [0.5, 0.6) is 0 Å². The summed E-state index contributed by atoms with van der Waals surface area (Å²) >= 11 is 0. The fraction of sp³-hybridized carbons (Fsp3) is 0.300. The third kappa shape index (κ3) is 6.39. The summed E-state index contributed by atoms with van der Waals surface area (Å²) < 4.78 is 5.24. The van der Waals surface area contributed by atoms with Crippen LogP contribution in [0, 0.1) is 10.1 Å². The first-order valence-electron chi connectivity index (χ1n) is 8.72. The molecule has 0 saturated carbocycles. The Balaban J connectivity index is 1.98. The van der Waals surface area contributed by atoms with Gasteiger partial charge < -0.3 is 15.4 Å². The summed E-state index contributed by atoms with van der Waals surface area (Å²) in [4.78, 5) is 34.6. The average Bonchev–Trinajstić information content (AvgIpc) is 2.63. The fourth-order valence-electron chi connectivity index (χ4n) is 2.39. The topological polar surface area (TPSA) is 111 Å². The molecular weight excluding hydrogens is 362 g/mol. The number of nitro groups is 1. The van der Waals surface area contributed by atoms with Gasteiger partial charge in [0.15, 0.2) is 0 Å². The molecule has 2 N–H and O–H groups in total. The van der Waals surface area contributed by atoms with Gasteiger partial charge in [0.2, 0.25) is 0 Å². The van der Waals surface area contributed by atoms with Crippen LogP contribution in [0.4, 0.5) is 11.4 Å². The molecule has 28 heavy (non-hydrogen) atoms. The molecule has 0 aliphatic heterocycles. The van der Waals surface area contributed by atoms with E-state index in [-0.39, 0.29) is 24.7 Å². The Morgan fingerprint density at radius 2 is 1.71 bits per heavy atom. The monoisotopic (exact) mass is 385 g/mol. The number of para-hydroxylation sites is 1. The number of nitro benzene ring substituents is 1. The van der Waals surface area contributed by atoms with Crippen LogP contribution in [0.1, 0.15) is 36.7 Å². The first-order valence-corrected chi connectivity index (χ1v) is 8.72. The molecule has 0 bridgehead atoms. The van der Waals surface area contributed by atoms with Gasteiger partial charge in [0.25, 0.3) is 11.6 Å². The van der Waals surface area contributed by atoms with Crippen molar-refractivity contribution in [3.8, 4) is 0 Å². The zero-order chi connectivity index (χ0) is 20.7. The molecule has 0 aliphatic rings. The van der Waals surface area contributed by atoms with Gasteiger partial charge in [0.1, 0.15) is 12.1 Å². The number of benzene rings is 2. The molecule has 0 atom stereocenters. The van der Waals surface area contributed by atoms with Gasteiger partial charge in [-0.2, -0.15) is 0 Å². The Kier molecular flexibility index (Phi) is 6.70. The van der Waals surface area contributed by atoms with E-state index in [9.17, 15) is 19.7 Å². The summed E-state index contributed by atoms with van der Waals surface area (Å²) in [5.74, 6) is -0.751. The number of esters is 1. The number of hydrogen-bond donors (Lipinski definition) is 2. The van der Waals surface area contributed by atoms with Crippen LogP contribution in [0.15, 0.2) is 48.5 Å². The predicted octanol–water partition coefficient (Wildman–Crippen LogP) is 3.28. The summed E-state index contributed by atoms with van der Waals surface area (Å²) in [5.41, 5.74) is 1.04. The van der Waals surface area contributed by atoms with E-state index in [1.165, 1.54) is 12.1 Å². The molecule has 0 saturated heterocycles. The van der Waals surface area contributed by atoms with Crippen LogP contribution >= 0.6 is 0 Å². The number of nitrogens with one attached hydrogen (secondary N) is 2. The van der Waals surface area contributed by atoms with Crippen LogP contribution < -0.4 is 10.6 Å². The van der Waals surface area contributed by atoms with Crippen LogP contribution in [0.2, 0.25) is 0 Å². The predicted molar refractivity (Wildman–Crippen MR) is 105 cm³/mol. The smallest absolute Gasteiger partial charge is 0.325 e. The minimum Gasteiger partial charge on any atom is -0.459 e. The van der Waals surface area contributed by atoms with Crippen LogP contribution in [0.3, 0.4) is 0 Å². The molecule has 0 unspecified atom stereocenters. The van der Waals surface area contributed by atoms with E-state index in [0.29, 0.717) is 11.3 Å². The molecule has 148 valence electrons. The first kappa shape index (κ1) is 20.9. The molecule has 0 aromatic heterocycles. The lowest BCUT2D eigenvalue weighted by Crippen LogP contribution is -2.29. The summed E-state index contributed by atoms with van der Waals surface area (Å²) in [6.45, 7) is 5.50. The van der Waals surface area contributed by atoms with Gasteiger partial charge in [-0.3, -0.25) is 19.7 Å². The molecule has 2 rings (SSSR count). The second kappa shape index (κ2) is 8.98. The van der Waals surface area contributed by atoms with Crippen LogP contribution in [0.25, 0.3) is 0 Å². The van der Waals surface area contributed by atoms with E-state index in [4.69, 9.17) is 4.74 Å². The van der Waals surface area contributed by atoms with Crippen molar-refractivity contribution in [3.05, 3.63) is 69.8 Å². The standard InChI is InChI=1S/C20H23N3O5/c1-20(2,3)28-18(24)13-21-17-7-5-4-6-16(17)19(25)22-12-14-8-10-15(11-9-14)23(26)27/h4-11,21H,12-13H2,1-3H3,(H,22,25). The molecule has 0 heterocycles. The maximum atomic E-state index is 12.5. The highest BCUT2D eigenvalue weighted by Gasteiger charge is 2.17. The van der Waals surface area contributed by atoms with Crippen molar-refractivity contribution in [1.29, 1.82) is 0 Å².